The lowest BCUT2D eigenvalue weighted by Gasteiger charge is -2.27. The van der Waals surface area contributed by atoms with Gasteiger partial charge in [0.2, 0.25) is 11.8 Å². The number of hydrogen-bond donors (Lipinski definition) is 3. The fraction of sp³-hybridized carbons (Fsp3) is 0.667. The Morgan fingerprint density at radius 2 is 2.06 bits per heavy atom. The van der Waals surface area contributed by atoms with Crippen LogP contribution in [-0.2, 0) is 4.79 Å². The van der Waals surface area contributed by atoms with E-state index in [0.717, 1.165) is 12.8 Å². The number of aromatic nitrogens is 1. The molecule has 1 aromatic heterocycles. The molecule has 32 heavy (non-hydrogen) atoms. The average molecular weight is 458 g/mol. The Morgan fingerprint density at radius 1 is 1.38 bits per heavy atom. The number of carbonyl (C=O) groups excluding carboxylic acids is 2. The molecule has 1 aliphatic heterocycles. The van der Waals surface area contributed by atoms with Crippen LogP contribution in [0.5, 0.6) is 5.88 Å². The van der Waals surface area contributed by atoms with Crippen molar-refractivity contribution in [1.29, 1.82) is 0 Å². The second-order valence-corrected chi connectivity index (χ2v) is 8.89. The molecule has 2 heterocycles. The number of nitrogens with two attached hydrogens (primary N) is 1. The van der Waals surface area contributed by atoms with Crippen molar-refractivity contribution in [2.75, 3.05) is 24.6 Å². The van der Waals surface area contributed by atoms with Gasteiger partial charge in [-0.05, 0) is 44.2 Å². The van der Waals surface area contributed by atoms with Gasteiger partial charge in [-0.15, -0.1) is 0 Å². The third-order valence-electron chi connectivity index (χ3n) is 5.91. The Morgan fingerprint density at radius 3 is 2.62 bits per heavy atom. The number of pyridine rings is 1. The molecule has 0 radical (unpaired) electrons. The predicted octanol–water partition coefficient (Wildman–Crippen LogP) is 2.00. The fourth-order valence-corrected chi connectivity index (χ4v) is 3.62. The van der Waals surface area contributed by atoms with E-state index in [9.17, 15) is 27.9 Å². The molecule has 1 saturated heterocycles. The number of halogens is 3. The highest BCUT2D eigenvalue weighted by Gasteiger charge is 2.57. The lowest BCUT2D eigenvalue weighted by molar-refractivity contribution is -0.250. The maximum Gasteiger partial charge on any atom is 0.418 e. The zero-order chi connectivity index (χ0) is 23.7. The van der Waals surface area contributed by atoms with Crippen molar-refractivity contribution in [2.45, 2.75) is 57.3 Å². The van der Waals surface area contributed by atoms with E-state index >= 15 is 0 Å². The number of primary amides is 1. The van der Waals surface area contributed by atoms with Crippen LogP contribution in [0.15, 0.2) is 12.1 Å². The Balaban J connectivity index is 1.76. The van der Waals surface area contributed by atoms with Gasteiger partial charge in [0.1, 0.15) is 11.4 Å². The average Bonchev–Trinajstić information content (AvgIpc) is 3.44. The van der Waals surface area contributed by atoms with Gasteiger partial charge in [0.15, 0.2) is 5.60 Å². The van der Waals surface area contributed by atoms with E-state index in [1.54, 1.807) is 13.8 Å². The predicted molar refractivity (Wildman–Crippen MR) is 110 cm³/mol. The summed E-state index contributed by atoms with van der Waals surface area (Å²) in [6.45, 7) is 3.10. The molecule has 178 valence electrons. The number of carbonyl (C=O) groups is 2. The topological polar surface area (TPSA) is 118 Å². The summed E-state index contributed by atoms with van der Waals surface area (Å²) >= 11 is 0. The van der Waals surface area contributed by atoms with E-state index < -0.39 is 42.5 Å². The quantitative estimate of drug-likeness (QED) is 0.521. The molecule has 3 atom stereocenters. The first-order chi connectivity index (χ1) is 14.9. The molecule has 1 aromatic rings. The highest BCUT2D eigenvalue weighted by atomic mass is 19.4. The summed E-state index contributed by atoms with van der Waals surface area (Å²) < 4.78 is 45.4. The molecule has 2 aliphatic rings. The minimum Gasteiger partial charge on any atom is -0.476 e. The Labute approximate surface area is 184 Å². The van der Waals surface area contributed by atoms with Gasteiger partial charge in [-0.3, -0.25) is 9.59 Å². The Kier molecular flexibility index (Phi) is 6.87. The molecule has 8 nitrogen and oxygen atoms in total. The number of alkyl halides is 3. The summed E-state index contributed by atoms with van der Waals surface area (Å²) in [6.07, 6.45) is -2.85. The second kappa shape index (κ2) is 9.13. The smallest absolute Gasteiger partial charge is 0.418 e. The first-order valence-corrected chi connectivity index (χ1v) is 10.7. The van der Waals surface area contributed by atoms with Crippen molar-refractivity contribution in [2.24, 2.45) is 17.6 Å². The largest absolute Gasteiger partial charge is 0.476 e. The molecule has 2 amide bonds. The van der Waals surface area contributed by atoms with E-state index in [-0.39, 0.29) is 24.2 Å². The number of β-amino-alcohol motifs (C(OH)–C–C–N with tert-alkyl or cyclic N) is 1. The van der Waals surface area contributed by atoms with Gasteiger partial charge in [0.25, 0.3) is 5.91 Å². The number of nitrogens with one attached hydrogen (secondary N) is 1. The summed E-state index contributed by atoms with van der Waals surface area (Å²) in [6, 6.07) is 2.55. The zero-order valence-corrected chi connectivity index (χ0v) is 18.1. The van der Waals surface area contributed by atoms with E-state index in [4.69, 9.17) is 10.5 Å². The number of nitrogens with zero attached hydrogens (tertiary/aromatic N) is 2. The lowest BCUT2D eigenvalue weighted by atomic mass is 10.0. The zero-order valence-electron chi connectivity index (χ0n) is 18.1. The van der Waals surface area contributed by atoms with Crippen LogP contribution in [-0.4, -0.2) is 59.4 Å². The van der Waals surface area contributed by atoms with Gasteiger partial charge in [-0.1, -0.05) is 6.92 Å². The van der Waals surface area contributed by atoms with Crippen molar-refractivity contribution in [1.82, 2.24) is 10.3 Å². The summed E-state index contributed by atoms with van der Waals surface area (Å²) in [5, 5.41) is 12.7. The molecule has 1 saturated carbocycles. The van der Waals surface area contributed by atoms with Crippen LogP contribution in [0.25, 0.3) is 0 Å². The molecule has 3 rings (SSSR count). The van der Waals surface area contributed by atoms with Crippen LogP contribution in [0, 0.1) is 11.8 Å². The van der Waals surface area contributed by atoms with Crippen molar-refractivity contribution in [3.63, 3.8) is 0 Å². The highest BCUT2D eigenvalue weighted by molar-refractivity contribution is 5.93. The van der Waals surface area contributed by atoms with E-state index in [1.807, 2.05) is 0 Å². The number of rotatable bonds is 9. The summed E-state index contributed by atoms with van der Waals surface area (Å²) in [5.41, 5.74) is 2.80. The molecule has 4 N–H and O–H groups in total. The SMILES string of the molecule is CC(C[C@H](C)NC(=O)c1ccc(N2CCC(O)(C(F)(F)F)C2)c(OCC2CC2)n1)C(N)=O. The van der Waals surface area contributed by atoms with Crippen molar-refractivity contribution >= 4 is 17.5 Å². The van der Waals surface area contributed by atoms with Crippen LogP contribution in [0.3, 0.4) is 0 Å². The number of aliphatic hydroxyl groups is 1. The molecule has 11 heteroatoms. The van der Waals surface area contributed by atoms with Crippen molar-refractivity contribution < 1.29 is 32.6 Å². The van der Waals surface area contributed by atoms with Gasteiger partial charge in [-0.25, -0.2) is 4.98 Å². The van der Waals surface area contributed by atoms with Crippen molar-refractivity contribution in [3.05, 3.63) is 17.8 Å². The molecular formula is C21H29F3N4O4. The number of amides is 2. The number of anilines is 1. The minimum atomic E-state index is -4.75. The molecule has 0 aromatic carbocycles. The molecular weight excluding hydrogens is 429 g/mol. The maximum absolute atomic E-state index is 13.2. The van der Waals surface area contributed by atoms with Gasteiger partial charge in [0.05, 0.1) is 13.2 Å². The second-order valence-electron chi connectivity index (χ2n) is 8.89. The third kappa shape index (κ3) is 5.62. The first kappa shape index (κ1) is 24.1. The van der Waals surface area contributed by atoms with Crippen LogP contribution in [0.4, 0.5) is 18.9 Å². The normalized spacial score (nSPS) is 23.0. The van der Waals surface area contributed by atoms with Gasteiger partial charge >= 0.3 is 6.18 Å². The van der Waals surface area contributed by atoms with Crippen LogP contribution < -0.4 is 20.7 Å². The fourth-order valence-electron chi connectivity index (χ4n) is 3.62. The molecule has 2 fully saturated rings. The summed E-state index contributed by atoms with van der Waals surface area (Å²) in [5.74, 6) is -0.947. The van der Waals surface area contributed by atoms with Crippen molar-refractivity contribution in [3.8, 4) is 5.88 Å². The molecule has 0 spiro atoms. The Bertz CT molecular complexity index is 862. The molecule has 1 aliphatic carbocycles. The summed E-state index contributed by atoms with van der Waals surface area (Å²) in [7, 11) is 0. The van der Waals surface area contributed by atoms with E-state index in [2.05, 4.69) is 10.3 Å². The van der Waals surface area contributed by atoms with Crippen LogP contribution >= 0.6 is 0 Å². The minimum absolute atomic E-state index is 0.0228. The van der Waals surface area contributed by atoms with Gasteiger partial charge in [-0.2, -0.15) is 13.2 Å². The highest BCUT2D eigenvalue weighted by Crippen LogP contribution is 2.41. The van der Waals surface area contributed by atoms with Gasteiger partial charge < -0.3 is 25.8 Å². The van der Waals surface area contributed by atoms with E-state index in [1.165, 1.54) is 17.0 Å². The standard InChI is InChI=1S/C21H29F3N4O4/c1-12(17(25)29)9-13(2)26-18(30)15-5-6-16(19(27-15)32-10-14-3-4-14)28-8-7-20(31,11-28)21(22,23)24/h5-6,12-14,31H,3-4,7-11H2,1-2H3,(H2,25,29)(H,26,30)/t12?,13-,20?/m0/s1. The van der Waals surface area contributed by atoms with Gasteiger partial charge in [0, 0.05) is 24.9 Å². The molecule has 2 unspecified atom stereocenters. The summed E-state index contributed by atoms with van der Waals surface area (Å²) in [4.78, 5) is 29.5. The number of hydrogen-bond acceptors (Lipinski definition) is 6. The monoisotopic (exact) mass is 458 g/mol. The van der Waals surface area contributed by atoms with Crippen LogP contribution in [0.1, 0.15) is 50.0 Å². The molecule has 0 bridgehead atoms. The third-order valence-corrected chi connectivity index (χ3v) is 5.91. The number of ether oxygens (including phenoxy) is 1. The van der Waals surface area contributed by atoms with E-state index in [0.29, 0.717) is 24.6 Å². The first-order valence-electron chi connectivity index (χ1n) is 10.7. The Hall–Kier alpha value is -2.56. The van der Waals surface area contributed by atoms with Crippen LogP contribution in [0.2, 0.25) is 0 Å². The maximum atomic E-state index is 13.2. The lowest BCUT2D eigenvalue weighted by Crippen LogP contribution is -2.47.